The first-order chi connectivity index (χ1) is 10.7. The van der Waals surface area contributed by atoms with E-state index in [1.807, 2.05) is 0 Å². The molecule has 0 radical (unpaired) electrons. The van der Waals surface area contributed by atoms with Crippen LogP contribution >= 0.6 is 8.03 Å². The molecule has 1 atom stereocenters. The maximum absolute atomic E-state index is 10.9. The first kappa shape index (κ1) is 25.2. The van der Waals surface area contributed by atoms with Crippen LogP contribution in [0.1, 0.15) is 96.8 Å². The zero-order valence-corrected chi connectivity index (χ0v) is 16.5. The Morgan fingerprint density at radius 1 is 0.826 bits per heavy atom. The molecule has 23 heavy (non-hydrogen) atoms. The van der Waals surface area contributed by atoms with Gasteiger partial charge in [0.15, 0.2) is 0 Å². The fourth-order valence-corrected chi connectivity index (χ4v) is 2.79. The molecule has 0 aromatic heterocycles. The third-order valence-corrected chi connectivity index (χ3v) is 4.52. The molecule has 1 N–H and O–H groups in total. The second kappa shape index (κ2) is 20.0. The smallest absolute Gasteiger partial charge is 0.237 e. The molecule has 0 aliphatic heterocycles. The quantitative estimate of drug-likeness (QED) is 0.147. The molecule has 0 saturated carbocycles. The molecule has 0 bridgehead atoms. The molecule has 0 spiro atoms. The van der Waals surface area contributed by atoms with Crippen LogP contribution in [0.2, 0.25) is 0 Å². The minimum absolute atomic E-state index is 0. The third kappa shape index (κ3) is 19.9. The monoisotopic (exact) mass is 387 g/mol. The Balaban J connectivity index is 0. The third-order valence-electron chi connectivity index (χ3n) is 3.87. The van der Waals surface area contributed by atoms with Crippen LogP contribution in [-0.2, 0) is 25.9 Å². The number of carbonyl (C=O) groups excluding carboxylic acids is 1. The van der Waals surface area contributed by atoms with Crippen molar-refractivity contribution >= 4 is 13.6 Å². The van der Waals surface area contributed by atoms with E-state index < -0.39 is 13.6 Å². The molecule has 0 aliphatic rings. The normalized spacial score (nSPS) is 11.5. The number of rotatable bonds is 16. The molecule has 0 aromatic rings. The molecule has 3 nitrogen and oxygen atoms in total. The van der Waals surface area contributed by atoms with Crippen LogP contribution in [0.15, 0.2) is 12.2 Å². The van der Waals surface area contributed by atoms with Gasteiger partial charge in [0.1, 0.15) is 0 Å². The Bertz CT molecular complexity index is 319. The van der Waals surface area contributed by atoms with Crippen LogP contribution in [0.4, 0.5) is 0 Å². The molecular formula is C18H34NiO3P+. The molecule has 0 aliphatic carbocycles. The van der Waals surface area contributed by atoms with Gasteiger partial charge in [-0.25, -0.2) is 4.79 Å². The zero-order valence-electron chi connectivity index (χ0n) is 14.6. The number of allylic oxidation sites excluding steroid dienone is 2. The Morgan fingerprint density at radius 3 is 1.74 bits per heavy atom. The van der Waals surface area contributed by atoms with E-state index in [9.17, 15) is 9.36 Å². The van der Waals surface area contributed by atoms with Gasteiger partial charge >= 0.3 is 13.6 Å². The van der Waals surface area contributed by atoms with Gasteiger partial charge in [-0.15, -0.1) is 0 Å². The predicted molar refractivity (Wildman–Crippen MR) is 94.3 cm³/mol. The van der Waals surface area contributed by atoms with Crippen LogP contribution in [-0.4, -0.2) is 10.4 Å². The van der Waals surface area contributed by atoms with Crippen molar-refractivity contribution in [2.75, 3.05) is 0 Å². The van der Waals surface area contributed by atoms with Crippen LogP contribution < -0.4 is 0 Å². The molecule has 0 heterocycles. The van der Waals surface area contributed by atoms with Crippen molar-refractivity contribution in [3.63, 3.8) is 0 Å². The van der Waals surface area contributed by atoms with Gasteiger partial charge in [0, 0.05) is 16.5 Å². The topological polar surface area (TPSA) is 54.4 Å². The molecular weight excluding hydrogens is 354 g/mol. The fraction of sp³-hybridized carbons (Fsp3) is 0.833. The van der Waals surface area contributed by atoms with Crippen LogP contribution in [0.25, 0.3) is 0 Å². The Kier molecular flexibility index (Phi) is 21.9. The maximum Gasteiger partial charge on any atom is 0.584 e. The number of hydrogen-bond acceptors (Lipinski definition) is 2. The average molecular weight is 388 g/mol. The first-order valence-corrected chi connectivity index (χ1v) is 10.2. The summed E-state index contributed by atoms with van der Waals surface area (Å²) in [6.07, 6.45) is 20.6. The molecule has 0 saturated heterocycles. The number of unbranched alkanes of at least 4 members (excludes halogenated alkanes) is 11. The van der Waals surface area contributed by atoms with E-state index in [0.717, 1.165) is 25.7 Å². The van der Waals surface area contributed by atoms with E-state index in [4.69, 9.17) is 4.89 Å². The summed E-state index contributed by atoms with van der Waals surface area (Å²) in [5.41, 5.74) is -0.507. The van der Waals surface area contributed by atoms with Gasteiger partial charge in [0.25, 0.3) is 0 Å². The van der Waals surface area contributed by atoms with E-state index in [2.05, 4.69) is 19.1 Å². The van der Waals surface area contributed by atoms with Gasteiger partial charge in [-0.1, -0.05) is 70.4 Å². The van der Waals surface area contributed by atoms with Crippen LogP contribution in [0.5, 0.6) is 0 Å². The van der Waals surface area contributed by atoms with Crippen molar-refractivity contribution in [2.45, 2.75) is 96.8 Å². The summed E-state index contributed by atoms with van der Waals surface area (Å²) in [7, 11) is -2.60. The molecule has 0 aromatic carbocycles. The second-order valence-electron chi connectivity index (χ2n) is 6.00. The van der Waals surface area contributed by atoms with E-state index in [0.29, 0.717) is 0 Å². The van der Waals surface area contributed by atoms with Crippen molar-refractivity contribution in [3.8, 4) is 0 Å². The van der Waals surface area contributed by atoms with Gasteiger partial charge < -0.3 is 0 Å². The Labute approximate surface area is 153 Å². The number of carbonyl (C=O) groups is 1. The zero-order chi connectivity index (χ0) is 16.5. The van der Waals surface area contributed by atoms with E-state index >= 15 is 0 Å². The summed E-state index contributed by atoms with van der Waals surface area (Å²) in [6.45, 7) is 2.25. The summed E-state index contributed by atoms with van der Waals surface area (Å²) in [5, 5.41) is 0. The largest absolute Gasteiger partial charge is 0.584 e. The Hall–Kier alpha value is -0.0365. The van der Waals surface area contributed by atoms with E-state index in [1.165, 1.54) is 57.8 Å². The maximum atomic E-state index is 10.9. The summed E-state index contributed by atoms with van der Waals surface area (Å²) in [4.78, 5) is 19.5. The first-order valence-electron chi connectivity index (χ1n) is 9.02. The van der Waals surface area contributed by atoms with Crippen molar-refractivity contribution < 1.29 is 30.7 Å². The predicted octanol–water partition coefficient (Wildman–Crippen LogP) is 6.28. The average Bonchev–Trinajstić information content (AvgIpc) is 2.50. The van der Waals surface area contributed by atoms with Crippen molar-refractivity contribution in [2.24, 2.45) is 0 Å². The van der Waals surface area contributed by atoms with Crippen molar-refractivity contribution in [1.29, 1.82) is 0 Å². The second-order valence-corrected chi connectivity index (χ2v) is 7.05. The summed E-state index contributed by atoms with van der Waals surface area (Å²) in [6, 6.07) is 0. The van der Waals surface area contributed by atoms with Gasteiger partial charge in [-0.3, -0.25) is 0 Å². The van der Waals surface area contributed by atoms with E-state index in [-0.39, 0.29) is 22.9 Å². The number of hydrogen-bond donors (Lipinski definition) is 1. The molecule has 5 heteroatoms. The molecule has 0 amide bonds. The van der Waals surface area contributed by atoms with Crippen molar-refractivity contribution in [1.82, 2.24) is 0 Å². The summed E-state index contributed by atoms with van der Waals surface area (Å²) >= 11 is 0. The SMILES string of the molecule is CCCCCCCCC=CCCCCCCCC(=O)[P+](=O)O.[Ni]. The van der Waals surface area contributed by atoms with Gasteiger partial charge in [-0.05, 0) is 36.7 Å². The summed E-state index contributed by atoms with van der Waals surface area (Å²) in [5.74, 6) is 0. The summed E-state index contributed by atoms with van der Waals surface area (Å²) < 4.78 is 10.5. The molecule has 138 valence electrons. The molecule has 1 unspecified atom stereocenters. The minimum atomic E-state index is -2.60. The van der Waals surface area contributed by atoms with E-state index in [1.54, 1.807) is 0 Å². The van der Waals surface area contributed by atoms with Crippen LogP contribution in [0, 0.1) is 0 Å². The molecule has 0 fully saturated rings. The van der Waals surface area contributed by atoms with Crippen LogP contribution in [0.3, 0.4) is 0 Å². The standard InChI is InChI=1S/C18H33O3P.Ni/c1-2-3-4-5-6-7-8-9-10-11-12-13-14-15-16-17-18(19)22(20)21;/h9-10H,2-8,11-17H2,1H3;/p+1. The molecule has 0 rings (SSSR count). The Morgan fingerprint density at radius 2 is 1.26 bits per heavy atom. The fourth-order valence-electron chi connectivity index (χ4n) is 2.44. The minimum Gasteiger partial charge on any atom is -0.237 e. The van der Waals surface area contributed by atoms with Gasteiger partial charge in [0.2, 0.25) is 0 Å². The van der Waals surface area contributed by atoms with Gasteiger partial charge in [0.05, 0.1) is 6.42 Å². The van der Waals surface area contributed by atoms with Gasteiger partial charge in [-0.2, -0.15) is 4.89 Å². The van der Waals surface area contributed by atoms with Crippen molar-refractivity contribution in [3.05, 3.63) is 12.2 Å².